The van der Waals surface area contributed by atoms with E-state index in [1.807, 2.05) is 24.3 Å². The highest BCUT2D eigenvalue weighted by molar-refractivity contribution is 6.30. The molecule has 3 N–H and O–H groups in total. The van der Waals surface area contributed by atoms with Crippen LogP contribution in [-0.2, 0) is 0 Å². The SMILES string of the molecule is NC1(CO)CCN(c2ccc(Cl)cc2)CC1. The highest BCUT2D eigenvalue weighted by Gasteiger charge is 2.29. The van der Waals surface area contributed by atoms with Crippen LogP contribution in [-0.4, -0.2) is 30.3 Å². The molecule has 1 saturated heterocycles. The van der Waals surface area contributed by atoms with Crippen molar-refractivity contribution in [3.63, 3.8) is 0 Å². The highest BCUT2D eigenvalue weighted by atomic mass is 35.5. The van der Waals surface area contributed by atoms with Crippen LogP contribution in [0.3, 0.4) is 0 Å². The Hall–Kier alpha value is -0.770. The molecule has 4 heteroatoms. The molecular formula is C12H17ClN2O. The number of benzene rings is 1. The van der Waals surface area contributed by atoms with Crippen LogP contribution >= 0.6 is 11.6 Å². The van der Waals surface area contributed by atoms with Crippen molar-refractivity contribution in [3.8, 4) is 0 Å². The molecule has 0 aromatic heterocycles. The Morgan fingerprint density at radius 1 is 1.25 bits per heavy atom. The molecule has 0 aliphatic carbocycles. The molecule has 1 fully saturated rings. The van der Waals surface area contributed by atoms with Gasteiger partial charge >= 0.3 is 0 Å². The smallest absolute Gasteiger partial charge is 0.0612 e. The van der Waals surface area contributed by atoms with Gasteiger partial charge in [0.05, 0.1) is 6.61 Å². The molecule has 1 aromatic rings. The maximum atomic E-state index is 9.18. The zero-order chi connectivity index (χ0) is 11.6. The van der Waals surface area contributed by atoms with E-state index in [1.165, 1.54) is 5.69 Å². The maximum absolute atomic E-state index is 9.18. The lowest BCUT2D eigenvalue weighted by Gasteiger charge is -2.39. The summed E-state index contributed by atoms with van der Waals surface area (Å²) in [6, 6.07) is 7.83. The average molecular weight is 241 g/mol. The molecule has 0 spiro atoms. The Balaban J connectivity index is 2.01. The summed E-state index contributed by atoms with van der Waals surface area (Å²) in [6.45, 7) is 1.85. The van der Waals surface area contributed by atoms with E-state index in [0.29, 0.717) is 0 Å². The third-order valence-corrected chi connectivity index (χ3v) is 3.52. The number of aliphatic hydroxyl groups excluding tert-OH is 1. The van der Waals surface area contributed by atoms with Gasteiger partial charge in [-0.05, 0) is 37.1 Å². The van der Waals surface area contributed by atoms with Crippen LogP contribution in [0.1, 0.15) is 12.8 Å². The van der Waals surface area contributed by atoms with E-state index < -0.39 is 0 Å². The highest BCUT2D eigenvalue weighted by Crippen LogP contribution is 2.25. The standard InChI is InChI=1S/C12H17ClN2O/c13-10-1-3-11(4-2-10)15-7-5-12(14,9-16)6-8-15/h1-4,16H,5-9,14H2. The summed E-state index contributed by atoms with van der Waals surface area (Å²) in [7, 11) is 0. The molecule has 1 aliphatic heterocycles. The van der Waals surface area contributed by atoms with E-state index in [4.69, 9.17) is 17.3 Å². The quantitative estimate of drug-likeness (QED) is 0.826. The minimum absolute atomic E-state index is 0.0709. The molecule has 3 nitrogen and oxygen atoms in total. The summed E-state index contributed by atoms with van der Waals surface area (Å²) in [5.74, 6) is 0. The van der Waals surface area contributed by atoms with Gasteiger partial charge in [-0.15, -0.1) is 0 Å². The van der Waals surface area contributed by atoms with Gasteiger partial charge in [0, 0.05) is 29.3 Å². The van der Waals surface area contributed by atoms with Crippen molar-refractivity contribution >= 4 is 17.3 Å². The summed E-state index contributed by atoms with van der Waals surface area (Å²) >= 11 is 5.85. The largest absolute Gasteiger partial charge is 0.394 e. The first-order valence-corrected chi connectivity index (χ1v) is 5.91. The van der Waals surface area contributed by atoms with Gasteiger partial charge in [-0.25, -0.2) is 0 Å². The number of halogens is 1. The van der Waals surface area contributed by atoms with Crippen molar-refractivity contribution in [2.45, 2.75) is 18.4 Å². The maximum Gasteiger partial charge on any atom is 0.0612 e. The molecule has 0 amide bonds. The topological polar surface area (TPSA) is 49.5 Å². The van der Waals surface area contributed by atoms with Gasteiger partial charge in [-0.3, -0.25) is 0 Å². The molecule has 0 atom stereocenters. The van der Waals surface area contributed by atoms with E-state index in [2.05, 4.69) is 4.90 Å². The van der Waals surface area contributed by atoms with Gasteiger partial charge in [0.25, 0.3) is 0 Å². The third kappa shape index (κ3) is 2.48. The Morgan fingerprint density at radius 3 is 2.31 bits per heavy atom. The van der Waals surface area contributed by atoms with Crippen molar-refractivity contribution in [2.24, 2.45) is 5.73 Å². The minimum Gasteiger partial charge on any atom is -0.394 e. The van der Waals surface area contributed by atoms with E-state index in [9.17, 15) is 5.11 Å². The second-order valence-corrected chi connectivity index (χ2v) is 4.92. The van der Waals surface area contributed by atoms with Crippen LogP contribution in [0.2, 0.25) is 5.02 Å². The van der Waals surface area contributed by atoms with Crippen molar-refractivity contribution in [1.29, 1.82) is 0 Å². The summed E-state index contributed by atoms with van der Waals surface area (Å²) in [5, 5.41) is 9.94. The van der Waals surface area contributed by atoms with Crippen molar-refractivity contribution < 1.29 is 5.11 Å². The van der Waals surface area contributed by atoms with Gasteiger partial charge in [-0.1, -0.05) is 11.6 Å². The summed E-state index contributed by atoms with van der Waals surface area (Å²) in [6.07, 6.45) is 1.65. The number of rotatable bonds is 2. The van der Waals surface area contributed by atoms with Gasteiger partial charge in [0.15, 0.2) is 0 Å². The lowest BCUT2D eigenvalue weighted by atomic mass is 9.89. The third-order valence-electron chi connectivity index (χ3n) is 3.27. The van der Waals surface area contributed by atoms with Gasteiger partial charge in [0.1, 0.15) is 0 Å². The fourth-order valence-electron chi connectivity index (χ4n) is 2.02. The molecule has 88 valence electrons. The fourth-order valence-corrected chi connectivity index (χ4v) is 2.15. The molecule has 16 heavy (non-hydrogen) atoms. The minimum atomic E-state index is -0.386. The lowest BCUT2D eigenvalue weighted by Crippen LogP contribution is -2.52. The molecule has 1 aliphatic rings. The monoisotopic (exact) mass is 240 g/mol. The van der Waals surface area contributed by atoms with Crippen LogP contribution < -0.4 is 10.6 Å². The van der Waals surface area contributed by atoms with E-state index in [1.54, 1.807) is 0 Å². The first-order valence-electron chi connectivity index (χ1n) is 5.53. The molecule has 0 saturated carbocycles. The van der Waals surface area contributed by atoms with E-state index in [-0.39, 0.29) is 12.1 Å². The van der Waals surface area contributed by atoms with Gasteiger partial charge in [-0.2, -0.15) is 0 Å². The molecule has 0 unspecified atom stereocenters. The molecule has 0 radical (unpaired) electrons. The van der Waals surface area contributed by atoms with Crippen molar-refractivity contribution in [2.75, 3.05) is 24.6 Å². The summed E-state index contributed by atoms with van der Waals surface area (Å²) in [5.41, 5.74) is 6.81. The summed E-state index contributed by atoms with van der Waals surface area (Å²) in [4.78, 5) is 2.27. The average Bonchev–Trinajstić information content (AvgIpc) is 2.32. The Kier molecular flexibility index (Phi) is 3.38. The predicted molar refractivity (Wildman–Crippen MR) is 66.9 cm³/mol. The number of hydrogen-bond donors (Lipinski definition) is 2. The molecule has 2 rings (SSSR count). The number of nitrogens with two attached hydrogens (primary N) is 1. The van der Waals surface area contributed by atoms with Gasteiger partial charge in [0.2, 0.25) is 0 Å². The second kappa shape index (κ2) is 4.62. The number of anilines is 1. The van der Waals surface area contributed by atoms with Crippen LogP contribution in [0.25, 0.3) is 0 Å². The Morgan fingerprint density at radius 2 is 1.81 bits per heavy atom. The molecule has 0 bridgehead atoms. The molecule has 1 heterocycles. The van der Waals surface area contributed by atoms with Crippen LogP contribution in [0.15, 0.2) is 24.3 Å². The van der Waals surface area contributed by atoms with Crippen LogP contribution in [0.4, 0.5) is 5.69 Å². The number of hydrogen-bond acceptors (Lipinski definition) is 3. The van der Waals surface area contributed by atoms with Crippen LogP contribution in [0.5, 0.6) is 0 Å². The zero-order valence-corrected chi connectivity index (χ0v) is 9.95. The first-order chi connectivity index (χ1) is 7.63. The second-order valence-electron chi connectivity index (χ2n) is 4.48. The van der Waals surface area contributed by atoms with Crippen molar-refractivity contribution in [1.82, 2.24) is 0 Å². The molecular weight excluding hydrogens is 224 g/mol. The fraction of sp³-hybridized carbons (Fsp3) is 0.500. The number of piperidine rings is 1. The summed E-state index contributed by atoms with van der Waals surface area (Å²) < 4.78 is 0. The zero-order valence-electron chi connectivity index (χ0n) is 9.19. The Labute approximate surface area is 101 Å². The first kappa shape index (κ1) is 11.7. The van der Waals surface area contributed by atoms with Crippen LogP contribution in [0, 0.1) is 0 Å². The predicted octanol–water partition coefficient (Wildman–Crippen LogP) is 1.63. The lowest BCUT2D eigenvalue weighted by molar-refractivity contribution is 0.170. The molecule has 1 aromatic carbocycles. The van der Waals surface area contributed by atoms with Gasteiger partial charge < -0.3 is 15.7 Å². The normalized spacial score (nSPS) is 19.8. The van der Waals surface area contributed by atoms with E-state index >= 15 is 0 Å². The van der Waals surface area contributed by atoms with Crippen molar-refractivity contribution in [3.05, 3.63) is 29.3 Å². The Bertz CT molecular complexity index is 345. The number of aliphatic hydroxyl groups is 1. The van der Waals surface area contributed by atoms with E-state index in [0.717, 1.165) is 31.0 Å². The number of nitrogens with zero attached hydrogens (tertiary/aromatic N) is 1.